The van der Waals surface area contributed by atoms with Gasteiger partial charge < -0.3 is 0 Å². The summed E-state index contributed by atoms with van der Waals surface area (Å²) in [5.74, 6) is 0. The third-order valence-electron chi connectivity index (χ3n) is 2.75. The Morgan fingerprint density at radius 3 is 2.75 bits per heavy atom. The molecule has 3 rings (SSSR count). The largest absolute Gasteiger partial charge is 0.227 e. The number of hydrogen-bond donors (Lipinski definition) is 0. The Balaban J connectivity index is 2.02. The van der Waals surface area contributed by atoms with E-state index in [1.165, 1.54) is 11.3 Å². The first kappa shape index (κ1) is 12.8. The molecule has 0 aliphatic carbocycles. The van der Waals surface area contributed by atoms with Crippen molar-refractivity contribution in [2.75, 3.05) is 0 Å². The summed E-state index contributed by atoms with van der Waals surface area (Å²) in [5.41, 5.74) is 2.07. The SMILES string of the molecule is N#Cc1nnn(-c2nccs2)c1Cc1ccc(Cl)cc1. The maximum Gasteiger partial charge on any atom is 0.211 e. The molecule has 0 spiro atoms. The molecule has 0 amide bonds. The van der Waals surface area contributed by atoms with E-state index in [0.29, 0.717) is 22.3 Å². The van der Waals surface area contributed by atoms with Crippen LogP contribution in [0.3, 0.4) is 0 Å². The van der Waals surface area contributed by atoms with Crippen molar-refractivity contribution in [1.29, 1.82) is 5.26 Å². The normalized spacial score (nSPS) is 10.4. The number of nitrogens with zero attached hydrogens (tertiary/aromatic N) is 5. The first-order valence-corrected chi connectivity index (χ1v) is 7.02. The highest BCUT2D eigenvalue weighted by molar-refractivity contribution is 7.12. The lowest BCUT2D eigenvalue weighted by molar-refractivity contribution is 0.767. The van der Waals surface area contributed by atoms with Gasteiger partial charge in [0.25, 0.3) is 0 Å². The third-order valence-corrected chi connectivity index (χ3v) is 3.75. The van der Waals surface area contributed by atoms with Gasteiger partial charge in [-0.1, -0.05) is 28.9 Å². The minimum absolute atomic E-state index is 0.315. The number of halogens is 1. The Morgan fingerprint density at radius 1 is 1.30 bits per heavy atom. The number of benzene rings is 1. The van der Waals surface area contributed by atoms with Crippen molar-refractivity contribution in [3.63, 3.8) is 0 Å². The number of aromatic nitrogens is 4. The summed E-state index contributed by atoms with van der Waals surface area (Å²) in [6.45, 7) is 0. The maximum absolute atomic E-state index is 9.15. The van der Waals surface area contributed by atoms with E-state index in [9.17, 15) is 0 Å². The Hall–Kier alpha value is -2.23. The van der Waals surface area contributed by atoms with Crippen molar-refractivity contribution in [2.24, 2.45) is 0 Å². The van der Waals surface area contributed by atoms with E-state index in [1.807, 2.05) is 29.6 Å². The molecule has 2 heterocycles. The highest BCUT2D eigenvalue weighted by Crippen LogP contribution is 2.19. The van der Waals surface area contributed by atoms with Gasteiger partial charge >= 0.3 is 0 Å². The summed E-state index contributed by atoms with van der Waals surface area (Å²) in [5, 5.41) is 20.3. The van der Waals surface area contributed by atoms with Gasteiger partial charge in [-0.25, -0.2) is 4.98 Å². The van der Waals surface area contributed by atoms with Crippen molar-refractivity contribution >= 4 is 22.9 Å². The highest BCUT2D eigenvalue weighted by Gasteiger charge is 2.16. The molecule has 0 fully saturated rings. The van der Waals surface area contributed by atoms with Gasteiger partial charge in [-0.05, 0) is 17.7 Å². The molecule has 0 aliphatic rings. The molecule has 0 saturated carbocycles. The zero-order chi connectivity index (χ0) is 13.9. The predicted octanol–water partition coefficient (Wildman–Crippen LogP) is 2.84. The van der Waals surface area contributed by atoms with Crippen molar-refractivity contribution in [2.45, 2.75) is 6.42 Å². The second kappa shape index (κ2) is 5.41. The fourth-order valence-electron chi connectivity index (χ4n) is 1.82. The topological polar surface area (TPSA) is 67.4 Å². The lowest BCUT2D eigenvalue weighted by Crippen LogP contribution is -2.03. The Labute approximate surface area is 124 Å². The second-order valence-electron chi connectivity index (χ2n) is 4.03. The van der Waals surface area contributed by atoms with Crippen LogP contribution in [-0.2, 0) is 6.42 Å². The zero-order valence-electron chi connectivity index (χ0n) is 10.2. The Bertz CT molecular complexity index is 755. The number of hydrogen-bond acceptors (Lipinski definition) is 5. The van der Waals surface area contributed by atoms with Crippen molar-refractivity contribution in [3.05, 3.63) is 57.8 Å². The molecule has 0 aliphatic heterocycles. The first-order chi connectivity index (χ1) is 9.78. The van der Waals surface area contributed by atoms with Crippen LogP contribution in [0.2, 0.25) is 5.02 Å². The van der Waals surface area contributed by atoms with Crippen LogP contribution < -0.4 is 0 Å². The molecule has 0 bridgehead atoms. The van der Waals surface area contributed by atoms with Crippen LogP contribution in [0.1, 0.15) is 17.0 Å². The standard InChI is InChI=1S/C13H8ClN5S/c14-10-3-1-9(2-4-10)7-12-11(8-15)17-18-19(12)13-16-5-6-20-13/h1-6H,7H2. The molecule has 20 heavy (non-hydrogen) atoms. The fraction of sp³-hybridized carbons (Fsp3) is 0.0769. The Kier molecular flexibility index (Phi) is 3.46. The molecule has 7 heteroatoms. The van der Waals surface area contributed by atoms with E-state index in [0.717, 1.165) is 11.3 Å². The third kappa shape index (κ3) is 2.41. The van der Waals surface area contributed by atoms with Gasteiger partial charge in [0.05, 0.1) is 5.69 Å². The average molecular weight is 302 g/mol. The quantitative estimate of drug-likeness (QED) is 0.746. The molecule has 98 valence electrons. The summed E-state index contributed by atoms with van der Waals surface area (Å²) in [7, 11) is 0. The minimum atomic E-state index is 0.315. The fourth-order valence-corrected chi connectivity index (χ4v) is 2.55. The van der Waals surface area contributed by atoms with Crippen molar-refractivity contribution in [3.8, 4) is 11.2 Å². The van der Waals surface area contributed by atoms with Crippen LogP contribution in [0, 0.1) is 11.3 Å². The van der Waals surface area contributed by atoms with Crippen molar-refractivity contribution in [1.82, 2.24) is 20.0 Å². The van der Waals surface area contributed by atoms with Gasteiger partial charge in [0.15, 0.2) is 5.69 Å². The number of rotatable bonds is 3. The van der Waals surface area contributed by atoms with E-state index < -0.39 is 0 Å². The lowest BCUT2D eigenvalue weighted by Gasteiger charge is -2.04. The summed E-state index contributed by atoms with van der Waals surface area (Å²) in [4.78, 5) is 4.20. The zero-order valence-corrected chi connectivity index (χ0v) is 11.8. The van der Waals surface area contributed by atoms with E-state index in [2.05, 4.69) is 21.4 Å². The second-order valence-corrected chi connectivity index (χ2v) is 5.34. The summed E-state index contributed by atoms with van der Waals surface area (Å²) in [6, 6.07) is 9.54. The van der Waals surface area contributed by atoms with Crippen LogP contribution >= 0.6 is 22.9 Å². The molecule has 0 radical (unpaired) electrons. The van der Waals surface area contributed by atoms with E-state index in [-0.39, 0.29) is 0 Å². The van der Waals surface area contributed by atoms with Crippen LogP contribution in [0.4, 0.5) is 0 Å². The van der Waals surface area contributed by atoms with Gasteiger partial charge in [0.2, 0.25) is 5.13 Å². The molecular formula is C13H8ClN5S. The number of nitriles is 1. The smallest absolute Gasteiger partial charge is 0.211 e. The maximum atomic E-state index is 9.15. The summed E-state index contributed by atoms with van der Waals surface area (Å²) < 4.78 is 1.61. The van der Waals surface area contributed by atoms with Crippen LogP contribution in [0.25, 0.3) is 5.13 Å². The average Bonchev–Trinajstić information content (AvgIpc) is 3.10. The van der Waals surface area contributed by atoms with E-state index in [4.69, 9.17) is 16.9 Å². The monoisotopic (exact) mass is 301 g/mol. The van der Waals surface area contributed by atoms with E-state index >= 15 is 0 Å². The van der Waals surface area contributed by atoms with Gasteiger partial charge in [-0.2, -0.15) is 9.94 Å². The minimum Gasteiger partial charge on any atom is -0.227 e. The molecule has 5 nitrogen and oxygen atoms in total. The number of thiazole rings is 1. The predicted molar refractivity (Wildman–Crippen MR) is 76.0 cm³/mol. The summed E-state index contributed by atoms with van der Waals surface area (Å²) >= 11 is 7.32. The lowest BCUT2D eigenvalue weighted by atomic mass is 10.1. The molecule has 0 unspecified atom stereocenters. The van der Waals surface area contributed by atoms with Gasteiger partial charge in [0.1, 0.15) is 6.07 Å². The highest BCUT2D eigenvalue weighted by atomic mass is 35.5. The molecule has 0 atom stereocenters. The Morgan fingerprint density at radius 2 is 2.10 bits per heavy atom. The van der Waals surface area contributed by atoms with Crippen LogP contribution in [-0.4, -0.2) is 20.0 Å². The van der Waals surface area contributed by atoms with Crippen LogP contribution in [0.5, 0.6) is 0 Å². The first-order valence-electron chi connectivity index (χ1n) is 5.77. The summed E-state index contributed by atoms with van der Waals surface area (Å²) in [6.07, 6.45) is 2.24. The molecule has 3 aromatic rings. The van der Waals surface area contributed by atoms with Gasteiger partial charge in [-0.15, -0.1) is 16.4 Å². The van der Waals surface area contributed by atoms with E-state index in [1.54, 1.807) is 10.9 Å². The molecule has 1 aromatic carbocycles. The van der Waals surface area contributed by atoms with Gasteiger partial charge in [0, 0.05) is 23.0 Å². The molecule has 2 aromatic heterocycles. The van der Waals surface area contributed by atoms with Crippen LogP contribution in [0.15, 0.2) is 35.8 Å². The van der Waals surface area contributed by atoms with Gasteiger partial charge in [-0.3, -0.25) is 0 Å². The molecular weight excluding hydrogens is 294 g/mol. The molecule has 0 saturated heterocycles. The molecule has 0 N–H and O–H groups in total. The van der Waals surface area contributed by atoms with Crippen molar-refractivity contribution < 1.29 is 0 Å².